The van der Waals surface area contributed by atoms with Gasteiger partial charge in [-0.05, 0) is 43.2 Å². The third-order valence-electron chi connectivity index (χ3n) is 3.48. The zero-order valence-corrected chi connectivity index (χ0v) is 9.53. The van der Waals surface area contributed by atoms with E-state index in [4.69, 9.17) is 5.73 Å². The van der Waals surface area contributed by atoms with Gasteiger partial charge in [0.2, 0.25) is 0 Å². The number of aryl methyl sites for hydroxylation is 1. The molecular formula is C14H16N2. The normalized spacial score (nSPS) is 17.6. The summed E-state index contributed by atoms with van der Waals surface area (Å²) >= 11 is 0. The van der Waals surface area contributed by atoms with Crippen LogP contribution in [0.4, 0.5) is 0 Å². The summed E-state index contributed by atoms with van der Waals surface area (Å²) in [5, 5.41) is 2.52. The van der Waals surface area contributed by atoms with Crippen molar-refractivity contribution < 1.29 is 0 Å². The van der Waals surface area contributed by atoms with E-state index >= 15 is 0 Å². The van der Waals surface area contributed by atoms with E-state index in [9.17, 15) is 0 Å². The van der Waals surface area contributed by atoms with Crippen molar-refractivity contribution in [1.29, 1.82) is 0 Å². The second kappa shape index (κ2) is 3.29. The SMILES string of the molecule is Cc1nccc2cc(CC3(N)CC3)ccc12. The molecule has 0 amide bonds. The zero-order chi connectivity index (χ0) is 11.2. The molecule has 2 N–H and O–H groups in total. The first kappa shape index (κ1) is 9.79. The van der Waals surface area contributed by atoms with Gasteiger partial charge in [-0.1, -0.05) is 18.2 Å². The molecule has 16 heavy (non-hydrogen) atoms. The van der Waals surface area contributed by atoms with Crippen molar-refractivity contribution in [3.05, 3.63) is 41.7 Å². The lowest BCUT2D eigenvalue weighted by Crippen LogP contribution is -2.24. The number of pyridine rings is 1. The third-order valence-corrected chi connectivity index (χ3v) is 3.48. The summed E-state index contributed by atoms with van der Waals surface area (Å²) in [7, 11) is 0. The molecule has 0 atom stereocenters. The number of aromatic nitrogens is 1. The molecule has 3 rings (SSSR count). The van der Waals surface area contributed by atoms with Gasteiger partial charge in [0, 0.05) is 22.8 Å². The van der Waals surface area contributed by atoms with Crippen LogP contribution in [-0.4, -0.2) is 10.5 Å². The average Bonchev–Trinajstić information content (AvgIpc) is 2.96. The Morgan fingerprint density at radius 2 is 2.12 bits per heavy atom. The molecule has 1 fully saturated rings. The zero-order valence-electron chi connectivity index (χ0n) is 9.53. The van der Waals surface area contributed by atoms with Crippen LogP contribution in [0.1, 0.15) is 24.1 Å². The molecule has 2 nitrogen and oxygen atoms in total. The highest BCUT2D eigenvalue weighted by Crippen LogP contribution is 2.36. The van der Waals surface area contributed by atoms with Crippen molar-refractivity contribution in [1.82, 2.24) is 4.98 Å². The first-order valence-corrected chi connectivity index (χ1v) is 5.79. The first-order chi connectivity index (χ1) is 7.66. The fourth-order valence-electron chi connectivity index (χ4n) is 2.23. The molecule has 0 bridgehead atoms. The van der Waals surface area contributed by atoms with Gasteiger partial charge < -0.3 is 5.73 Å². The Kier molecular flexibility index (Phi) is 2.01. The van der Waals surface area contributed by atoms with Crippen molar-refractivity contribution in [3.8, 4) is 0 Å². The number of fused-ring (bicyclic) bond motifs is 1. The van der Waals surface area contributed by atoms with Crippen molar-refractivity contribution in [3.63, 3.8) is 0 Å². The summed E-state index contributed by atoms with van der Waals surface area (Å²) in [6.45, 7) is 2.05. The summed E-state index contributed by atoms with van der Waals surface area (Å²) in [6, 6.07) is 8.67. The van der Waals surface area contributed by atoms with Gasteiger partial charge in [0.15, 0.2) is 0 Å². The highest BCUT2D eigenvalue weighted by Gasteiger charge is 2.37. The minimum Gasteiger partial charge on any atom is -0.325 e. The molecule has 2 heteroatoms. The number of hydrogen-bond donors (Lipinski definition) is 1. The fraction of sp³-hybridized carbons (Fsp3) is 0.357. The van der Waals surface area contributed by atoms with Gasteiger partial charge in [-0.3, -0.25) is 4.98 Å². The minimum atomic E-state index is 0.0930. The number of hydrogen-bond acceptors (Lipinski definition) is 2. The molecule has 1 aromatic heterocycles. The molecule has 82 valence electrons. The topological polar surface area (TPSA) is 38.9 Å². The van der Waals surface area contributed by atoms with Crippen LogP contribution in [0, 0.1) is 6.92 Å². The van der Waals surface area contributed by atoms with Crippen LogP contribution in [0.25, 0.3) is 10.8 Å². The Morgan fingerprint density at radius 3 is 2.88 bits per heavy atom. The second-order valence-corrected chi connectivity index (χ2v) is 4.99. The molecule has 1 aliphatic rings. The average molecular weight is 212 g/mol. The Morgan fingerprint density at radius 1 is 1.31 bits per heavy atom. The first-order valence-electron chi connectivity index (χ1n) is 5.79. The highest BCUT2D eigenvalue weighted by atomic mass is 14.8. The predicted octanol–water partition coefficient (Wildman–Crippen LogP) is 2.58. The van der Waals surface area contributed by atoms with Gasteiger partial charge in [-0.2, -0.15) is 0 Å². The monoisotopic (exact) mass is 212 g/mol. The van der Waals surface area contributed by atoms with Crippen molar-refractivity contribution in [2.24, 2.45) is 5.73 Å². The van der Waals surface area contributed by atoms with E-state index in [0.717, 1.165) is 12.1 Å². The van der Waals surface area contributed by atoms with E-state index < -0.39 is 0 Å². The van der Waals surface area contributed by atoms with Gasteiger partial charge >= 0.3 is 0 Å². The van der Waals surface area contributed by atoms with Crippen LogP contribution in [-0.2, 0) is 6.42 Å². The van der Waals surface area contributed by atoms with Crippen molar-refractivity contribution in [2.75, 3.05) is 0 Å². The van der Waals surface area contributed by atoms with E-state index in [0.29, 0.717) is 0 Å². The third kappa shape index (κ3) is 1.69. The van der Waals surface area contributed by atoms with Gasteiger partial charge in [-0.15, -0.1) is 0 Å². The number of nitrogens with zero attached hydrogens (tertiary/aromatic N) is 1. The maximum atomic E-state index is 6.14. The van der Waals surface area contributed by atoms with E-state index in [1.54, 1.807) is 0 Å². The van der Waals surface area contributed by atoms with Gasteiger partial charge in [-0.25, -0.2) is 0 Å². The fourth-order valence-corrected chi connectivity index (χ4v) is 2.23. The molecule has 1 heterocycles. The quantitative estimate of drug-likeness (QED) is 0.831. The predicted molar refractivity (Wildman–Crippen MR) is 66.3 cm³/mol. The number of nitrogens with two attached hydrogens (primary N) is 1. The molecule has 1 aliphatic carbocycles. The lowest BCUT2D eigenvalue weighted by atomic mass is 10.0. The molecule has 0 spiro atoms. The summed E-state index contributed by atoms with van der Waals surface area (Å²) in [4.78, 5) is 4.30. The summed E-state index contributed by atoms with van der Waals surface area (Å²) in [6.07, 6.45) is 5.21. The van der Waals surface area contributed by atoms with E-state index in [1.807, 2.05) is 13.1 Å². The molecule has 0 radical (unpaired) electrons. The molecular weight excluding hydrogens is 196 g/mol. The van der Waals surface area contributed by atoms with Crippen LogP contribution >= 0.6 is 0 Å². The molecule has 0 unspecified atom stereocenters. The van der Waals surface area contributed by atoms with Crippen LogP contribution in [0.3, 0.4) is 0 Å². The molecule has 2 aromatic rings. The van der Waals surface area contributed by atoms with Crippen LogP contribution in [0.2, 0.25) is 0 Å². The van der Waals surface area contributed by atoms with E-state index in [2.05, 4.69) is 29.2 Å². The summed E-state index contributed by atoms with van der Waals surface area (Å²) in [5.74, 6) is 0. The van der Waals surface area contributed by atoms with Gasteiger partial charge in [0.05, 0.1) is 0 Å². The lowest BCUT2D eigenvalue weighted by molar-refractivity contribution is 0.673. The van der Waals surface area contributed by atoms with Crippen LogP contribution < -0.4 is 5.73 Å². The van der Waals surface area contributed by atoms with E-state index in [-0.39, 0.29) is 5.54 Å². The van der Waals surface area contributed by atoms with Crippen molar-refractivity contribution in [2.45, 2.75) is 31.7 Å². The largest absolute Gasteiger partial charge is 0.325 e. The number of benzene rings is 1. The molecule has 1 saturated carbocycles. The van der Waals surface area contributed by atoms with E-state index in [1.165, 1.54) is 29.2 Å². The standard InChI is InChI=1S/C14H16N2/c1-10-13-3-2-11(9-14(15)5-6-14)8-12(13)4-7-16-10/h2-4,7-8H,5-6,9,15H2,1H3. The molecule has 0 saturated heterocycles. The van der Waals surface area contributed by atoms with Crippen LogP contribution in [0.5, 0.6) is 0 Å². The Balaban J connectivity index is 2.02. The van der Waals surface area contributed by atoms with Crippen molar-refractivity contribution >= 4 is 10.8 Å². The van der Waals surface area contributed by atoms with Gasteiger partial charge in [0.25, 0.3) is 0 Å². The summed E-state index contributed by atoms with van der Waals surface area (Å²) < 4.78 is 0. The number of rotatable bonds is 2. The smallest absolute Gasteiger partial charge is 0.0450 e. The maximum Gasteiger partial charge on any atom is 0.0450 e. The molecule has 0 aliphatic heterocycles. The summed E-state index contributed by atoms with van der Waals surface area (Å²) in [5.41, 5.74) is 8.67. The lowest BCUT2D eigenvalue weighted by Gasteiger charge is -2.09. The van der Waals surface area contributed by atoms with Crippen LogP contribution in [0.15, 0.2) is 30.5 Å². The maximum absolute atomic E-state index is 6.14. The Labute approximate surface area is 95.5 Å². The highest BCUT2D eigenvalue weighted by molar-refractivity contribution is 5.84. The Bertz CT molecular complexity index is 541. The Hall–Kier alpha value is -1.41. The molecule has 1 aromatic carbocycles. The second-order valence-electron chi connectivity index (χ2n) is 4.99. The van der Waals surface area contributed by atoms with Gasteiger partial charge in [0.1, 0.15) is 0 Å². The minimum absolute atomic E-state index is 0.0930.